The summed E-state index contributed by atoms with van der Waals surface area (Å²) in [6.45, 7) is 0. The van der Waals surface area contributed by atoms with Gasteiger partial charge in [0, 0.05) is 16.0 Å². The molecular weight excluding hydrogens is 411 g/mol. The summed E-state index contributed by atoms with van der Waals surface area (Å²) in [4.78, 5) is 4.57. The van der Waals surface area contributed by atoms with Crippen LogP contribution in [0, 0.1) is 11.3 Å². The van der Waals surface area contributed by atoms with Crippen molar-refractivity contribution < 1.29 is 4.42 Å². The van der Waals surface area contributed by atoms with Crippen molar-refractivity contribution in [2.45, 2.75) is 0 Å². The smallest absolute Gasteiger partial charge is 0.154 e. The molecule has 0 fully saturated rings. The topological polar surface area (TPSA) is 49.8 Å². The van der Waals surface area contributed by atoms with Gasteiger partial charge in [-0.3, -0.25) is 0 Å². The second kappa shape index (κ2) is 8.04. The van der Waals surface area contributed by atoms with Crippen molar-refractivity contribution in [3.63, 3.8) is 0 Å². The van der Waals surface area contributed by atoms with E-state index < -0.39 is 0 Å². The molecular formula is C22H12Cl2N2OS. The fourth-order valence-electron chi connectivity index (χ4n) is 2.68. The van der Waals surface area contributed by atoms with Crippen LogP contribution in [0.25, 0.3) is 34.4 Å². The van der Waals surface area contributed by atoms with Gasteiger partial charge in [0.15, 0.2) is 5.76 Å². The minimum atomic E-state index is 0.507. The largest absolute Gasteiger partial charge is 0.454 e. The quantitative estimate of drug-likeness (QED) is 0.321. The normalized spacial score (nSPS) is 11.4. The van der Waals surface area contributed by atoms with E-state index in [9.17, 15) is 5.26 Å². The Hall–Kier alpha value is -2.84. The molecule has 3 nitrogen and oxygen atoms in total. The van der Waals surface area contributed by atoms with Crippen LogP contribution < -0.4 is 0 Å². The first kappa shape index (κ1) is 18.5. The Labute approximate surface area is 176 Å². The maximum Gasteiger partial charge on any atom is 0.154 e. The van der Waals surface area contributed by atoms with Crippen molar-refractivity contribution >= 4 is 46.2 Å². The first-order chi connectivity index (χ1) is 13.6. The molecule has 2 heterocycles. The molecule has 2 aromatic heterocycles. The van der Waals surface area contributed by atoms with E-state index in [-0.39, 0.29) is 0 Å². The van der Waals surface area contributed by atoms with Gasteiger partial charge >= 0.3 is 0 Å². The summed E-state index contributed by atoms with van der Waals surface area (Å²) >= 11 is 13.7. The molecule has 136 valence electrons. The SMILES string of the molecule is N#CC(=Cc1ccccc1)c1nc(-c2ccc(-c3cc(Cl)ccc3Cl)o2)cs1. The highest BCUT2D eigenvalue weighted by Crippen LogP contribution is 2.35. The van der Waals surface area contributed by atoms with Crippen LogP contribution in [0.4, 0.5) is 0 Å². The zero-order valence-corrected chi connectivity index (χ0v) is 16.7. The fourth-order valence-corrected chi connectivity index (χ4v) is 3.83. The third-order valence-electron chi connectivity index (χ3n) is 4.02. The predicted molar refractivity (Wildman–Crippen MR) is 115 cm³/mol. The van der Waals surface area contributed by atoms with Crippen LogP contribution >= 0.6 is 34.5 Å². The molecule has 0 saturated heterocycles. The molecule has 0 saturated carbocycles. The van der Waals surface area contributed by atoms with Crippen LogP contribution in [-0.2, 0) is 0 Å². The molecule has 0 aliphatic carbocycles. The van der Waals surface area contributed by atoms with Gasteiger partial charge in [0.1, 0.15) is 22.5 Å². The van der Waals surface area contributed by atoms with Crippen LogP contribution in [0.1, 0.15) is 10.6 Å². The highest BCUT2D eigenvalue weighted by molar-refractivity contribution is 7.11. The molecule has 0 aliphatic rings. The molecule has 2 aromatic carbocycles. The molecule has 0 bridgehead atoms. The second-order valence-corrected chi connectivity index (χ2v) is 7.61. The minimum absolute atomic E-state index is 0.507. The number of hydrogen-bond acceptors (Lipinski definition) is 4. The lowest BCUT2D eigenvalue weighted by molar-refractivity contribution is 0.595. The zero-order valence-electron chi connectivity index (χ0n) is 14.4. The van der Waals surface area contributed by atoms with Gasteiger partial charge in [0.2, 0.25) is 0 Å². The van der Waals surface area contributed by atoms with E-state index in [1.807, 2.05) is 53.9 Å². The van der Waals surface area contributed by atoms with E-state index in [2.05, 4.69) is 11.1 Å². The van der Waals surface area contributed by atoms with Crippen molar-refractivity contribution in [3.05, 3.63) is 86.7 Å². The average Bonchev–Trinajstić information content (AvgIpc) is 3.38. The summed E-state index contributed by atoms with van der Waals surface area (Å²) in [6, 6.07) is 20.8. The maximum atomic E-state index is 9.53. The van der Waals surface area contributed by atoms with Crippen LogP contribution in [0.5, 0.6) is 0 Å². The zero-order chi connectivity index (χ0) is 19.5. The highest BCUT2D eigenvalue weighted by Gasteiger charge is 2.14. The minimum Gasteiger partial charge on any atom is -0.454 e. The summed E-state index contributed by atoms with van der Waals surface area (Å²) in [6.07, 6.45) is 1.82. The average molecular weight is 423 g/mol. The Bertz CT molecular complexity index is 1200. The van der Waals surface area contributed by atoms with E-state index in [4.69, 9.17) is 27.6 Å². The van der Waals surface area contributed by atoms with Gasteiger partial charge in [0.05, 0.1) is 10.6 Å². The van der Waals surface area contributed by atoms with E-state index in [1.54, 1.807) is 18.2 Å². The number of nitrogens with zero attached hydrogens (tertiary/aromatic N) is 2. The molecule has 6 heteroatoms. The molecule has 0 amide bonds. The summed E-state index contributed by atoms with van der Waals surface area (Å²) in [5, 5.41) is 13.2. The van der Waals surface area contributed by atoms with Gasteiger partial charge in [-0.2, -0.15) is 5.26 Å². The first-order valence-electron chi connectivity index (χ1n) is 8.32. The van der Waals surface area contributed by atoms with Gasteiger partial charge in [-0.1, -0.05) is 53.5 Å². The summed E-state index contributed by atoms with van der Waals surface area (Å²) in [5.74, 6) is 1.21. The molecule has 4 aromatic rings. The molecule has 4 rings (SSSR count). The maximum absolute atomic E-state index is 9.53. The molecule has 0 radical (unpaired) electrons. The number of halogens is 2. The molecule has 0 atom stereocenters. The van der Waals surface area contributed by atoms with Crippen molar-refractivity contribution in [2.75, 3.05) is 0 Å². The van der Waals surface area contributed by atoms with E-state index >= 15 is 0 Å². The van der Waals surface area contributed by atoms with Gasteiger partial charge < -0.3 is 4.42 Å². The van der Waals surface area contributed by atoms with E-state index in [0.29, 0.717) is 37.8 Å². The van der Waals surface area contributed by atoms with Gasteiger partial charge in [0.25, 0.3) is 0 Å². The van der Waals surface area contributed by atoms with Crippen LogP contribution in [0.2, 0.25) is 10.0 Å². The Morgan fingerprint density at radius 1 is 1.04 bits per heavy atom. The Morgan fingerprint density at radius 3 is 2.61 bits per heavy atom. The number of thiazole rings is 1. The third-order valence-corrected chi connectivity index (χ3v) is 5.46. The van der Waals surface area contributed by atoms with Crippen molar-refractivity contribution in [1.29, 1.82) is 5.26 Å². The lowest BCUT2D eigenvalue weighted by Gasteiger charge is -2.01. The Kier molecular flexibility index (Phi) is 5.31. The third kappa shape index (κ3) is 3.88. The molecule has 0 spiro atoms. The highest BCUT2D eigenvalue weighted by atomic mass is 35.5. The molecule has 0 N–H and O–H groups in total. The van der Waals surface area contributed by atoms with Crippen molar-refractivity contribution in [2.24, 2.45) is 0 Å². The number of aromatic nitrogens is 1. The number of allylic oxidation sites excluding steroid dienone is 1. The van der Waals surface area contributed by atoms with Crippen molar-refractivity contribution in [1.82, 2.24) is 4.98 Å². The summed E-state index contributed by atoms with van der Waals surface area (Å²) in [5.41, 5.74) is 2.84. The van der Waals surface area contributed by atoms with Crippen LogP contribution in [-0.4, -0.2) is 4.98 Å². The Morgan fingerprint density at radius 2 is 1.82 bits per heavy atom. The molecule has 0 aliphatic heterocycles. The summed E-state index contributed by atoms with van der Waals surface area (Å²) < 4.78 is 5.94. The van der Waals surface area contributed by atoms with E-state index in [1.165, 1.54) is 11.3 Å². The number of nitriles is 1. The number of furan rings is 1. The van der Waals surface area contributed by atoms with Gasteiger partial charge in [-0.25, -0.2) is 4.98 Å². The van der Waals surface area contributed by atoms with Crippen molar-refractivity contribution in [3.8, 4) is 28.8 Å². The number of benzene rings is 2. The van der Waals surface area contributed by atoms with Gasteiger partial charge in [-0.15, -0.1) is 11.3 Å². The molecule has 28 heavy (non-hydrogen) atoms. The molecule has 0 unspecified atom stereocenters. The number of rotatable bonds is 4. The van der Waals surface area contributed by atoms with Crippen LogP contribution in [0.3, 0.4) is 0 Å². The summed E-state index contributed by atoms with van der Waals surface area (Å²) in [7, 11) is 0. The van der Waals surface area contributed by atoms with E-state index in [0.717, 1.165) is 11.1 Å². The lowest BCUT2D eigenvalue weighted by Crippen LogP contribution is -1.82. The lowest BCUT2D eigenvalue weighted by atomic mass is 10.1. The number of hydrogen-bond donors (Lipinski definition) is 0. The fraction of sp³-hybridized carbons (Fsp3) is 0. The predicted octanol–water partition coefficient (Wildman–Crippen LogP) is 7.44. The first-order valence-corrected chi connectivity index (χ1v) is 9.96. The van der Waals surface area contributed by atoms with Gasteiger partial charge in [-0.05, 0) is 42.0 Å². The standard InChI is InChI=1S/C22H12Cl2N2OS/c23-16-6-7-18(24)17(11-16)20-8-9-21(27-20)19-13-28-22(26-19)15(12-25)10-14-4-2-1-3-5-14/h1-11,13H. The van der Waals surface area contributed by atoms with Crippen LogP contribution in [0.15, 0.2) is 70.5 Å². The second-order valence-electron chi connectivity index (χ2n) is 5.91. The monoisotopic (exact) mass is 422 g/mol. The Balaban J connectivity index is 1.65.